The highest BCUT2D eigenvalue weighted by atomic mass is 35.5. The number of nitrogens with two attached hydrogens (primary N) is 1. The van der Waals surface area contributed by atoms with E-state index >= 15 is 0 Å². The fraction of sp³-hybridized carbons (Fsp3) is 0.455. The predicted octanol–water partition coefficient (Wildman–Crippen LogP) is 3.53. The van der Waals surface area contributed by atoms with Crippen LogP contribution in [0, 0.1) is 11.7 Å². The van der Waals surface area contributed by atoms with E-state index in [2.05, 4.69) is 13.8 Å². The van der Waals surface area contributed by atoms with Crippen molar-refractivity contribution in [2.45, 2.75) is 26.3 Å². The molecule has 14 heavy (non-hydrogen) atoms. The van der Waals surface area contributed by atoms with Gasteiger partial charge in [-0.15, -0.1) is 0 Å². The molecule has 0 saturated heterocycles. The van der Waals surface area contributed by atoms with Gasteiger partial charge in [-0.3, -0.25) is 0 Å². The molecule has 0 heterocycles. The summed E-state index contributed by atoms with van der Waals surface area (Å²) in [7, 11) is 0. The fourth-order valence-electron chi connectivity index (χ4n) is 1.43. The van der Waals surface area contributed by atoms with Crippen LogP contribution in [0.15, 0.2) is 18.2 Å². The molecule has 0 aromatic heterocycles. The lowest BCUT2D eigenvalue weighted by Crippen LogP contribution is -2.13. The zero-order chi connectivity index (χ0) is 10.7. The fourth-order valence-corrected chi connectivity index (χ4v) is 1.69. The second-order valence-corrected chi connectivity index (χ2v) is 4.31. The summed E-state index contributed by atoms with van der Waals surface area (Å²) in [5, 5.41) is 0.541. The highest BCUT2D eigenvalue weighted by Gasteiger charge is 2.12. The molecular weight excluding hydrogens is 201 g/mol. The van der Waals surface area contributed by atoms with Crippen LogP contribution in [0.3, 0.4) is 0 Å². The molecule has 0 radical (unpaired) electrons. The van der Waals surface area contributed by atoms with Gasteiger partial charge in [0.2, 0.25) is 0 Å². The van der Waals surface area contributed by atoms with Gasteiger partial charge in [0.1, 0.15) is 5.82 Å². The van der Waals surface area contributed by atoms with Crippen LogP contribution in [-0.4, -0.2) is 0 Å². The van der Waals surface area contributed by atoms with E-state index < -0.39 is 0 Å². The summed E-state index contributed by atoms with van der Waals surface area (Å²) in [6, 6.07) is 4.12. The molecule has 0 fully saturated rings. The number of halogens is 2. The van der Waals surface area contributed by atoms with Crippen molar-refractivity contribution in [1.82, 2.24) is 0 Å². The van der Waals surface area contributed by atoms with Gasteiger partial charge in [0.15, 0.2) is 0 Å². The van der Waals surface area contributed by atoms with E-state index in [1.165, 1.54) is 12.1 Å². The van der Waals surface area contributed by atoms with Crippen LogP contribution in [0.1, 0.15) is 31.9 Å². The lowest BCUT2D eigenvalue weighted by molar-refractivity contribution is 0.507. The average molecular weight is 216 g/mol. The van der Waals surface area contributed by atoms with Gasteiger partial charge in [0, 0.05) is 11.1 Å². The standard InChI is InChI=1S/C11H15ClFN/c1-7(2)5-11(14)9-6-8(13)3-4-10(9)12/h3-4,6-7,11H,5,14H2,1-2H3/t11-/m0/s1. The van der Waals surface area contributed by atoms with Crippen LogP contribution in [0.2, 0.25) is 5.02 Å². The molecule has 0 saturated carbocycles. The molecule has 0 amide bonds. The van der Waals surface area contributed by atoms with Crippen LogP contribution in [0.5, 0.6) is 0 Å². The predicted molar refractivity (Wildman–Crippen MR) is 57.8 cm³/mol. The molecule has 0 bridgehead atoms. The maximum absolute atomic E-state index is 12.9. The Morgan fingerprint density at radius 1 is 1.43 bits per heavy atom. The lowest BCUT2D eigenvalue weighted by atomic mass is 9.98. The van der Waals surface area contributed by atoms with Crippen molar-refractivity contribution in [1.29, 1.82) is 0 Å². The molecule has 0 aliphatic carbocycles. The third-order valence-corrected chi connectivity index (χ3v) is 2.43. The number of hydrogen-bond acceptors (Lipinski definition) is 1. The largest absolute Gasteiger partial charge is 0.324 e. The van der Waals surface area contributed by atoms with Gasteiger partial charge in [-0.25, -0.2) is 4.39 Å². The number of benzene rings is 1. The zero-order valence-electron chi connectivity index (χ0n) is 8.43. The Bertz CT molecular complexity index is 312. The summed E-state index contributed by atoms with van der Waals surface area (Å²) < 4.78 is 12.9. The van der Waals surface area contributed by atoms with Crippen molar-refractivity contribution in [2.75, 3.05) is 0 Å². The molecule has 1 atom stereocenters. The Balaban J connectivity index is 2.88. The van der Waals surface area contributed by atoms with Gasteiger partial charge in [-0.1, -0.05) is 25.4 Å². The van der Waals surface area contributed by atoms with Crippen molar-refractivity contribution in [3.8, 4) is 0 Å². The lowest BCUT2D eigenvalue weighted by Gasteiger charge is -2.15. The summed E-state index contributed by atoms with van der Waals surface area (Å²) in [5.41, 5.74) is 6.61. The van der Waals surface area contributed by atoms with E-state index in [4.69, 9.17) is 17.3 Å². The summed E-state index contributed by atoms with van der Waals surface area (Å²) in [4.78, 5) is 0. The molecule has 78 valence electrons. The Kier molecular flexibility index (Phi) is 3.90. The van der Waals surface area contributed by atoms with Crippen LogP contribution in [0.25, 0.3) is 0 Å². The van der Waals surface area contributed by atoms with E-state index in [-0.39, 0.29) is 11.9 Å². The van der Waals surface area contributed by atoms with Crippen LogP contribution >= 0.6 is 11.6 Å². The van der Waals surface area contributed by atoms with Crippen molar-refractivity contribution >= 4 is 11.6 Å². The van der Waals surface area contributed by atoms with E-state index in [9.17, 15) is 4.39 Å². The van der Waals surface area contributed by atoms with E-state index in [0.717, 1.165) is 6.42 Å². The Labute approximate surface area is 89.1 Å². The first kappa shape index (κ1) is 11.5. The minimum atomic E-state index is -0.288. The molecule has 3 heteroatoms. The molecular formula is C11H15ClFN. The number of rotatable bonds is 3. The summed E-state index contributed by atoms with van der Waals surface area (Å²) >= 11 is 5.93. The van der Waals surface area contributed by atoms with Gasteiger partial charge >= 0.3 is 0 Å². The summed E-state index contributed by atoms with van der Waals surface area (Å²) in [5.74, 6) is 0.188. The first-order valence-electron chi connectivity index (χ1n) is 4.71. The maximum Gasteiger partial charge on any atom is 0.123 e. The molecule has 0 unspecified atom stereocenters. The van der Waals surface area contributed by atoms with Gasteiger partial charge in [0.25, 0.3) is 0 Å². The van der Waals surface area contributed by atoms with Gasteiger partial charge in [-0.05, 0) is 36.1 Å². The van der Waals surface area contributed by atoms with Crippen LogP contribution < -0.4 is 5.73 Å². The average Bonchev–Trinajstić information content (AvgIpc) is 2.08. The summed E-state index contributed by atoms with van der Waals surface area (Å²) in [6.07, 6.45) is 0.809. The highest BCUT2D eigenvalue weighted by Crippen LogP contribution is 2.26. The van der Waals surface area contributed by atoms with Crippen molar-refractivity contribution in [3.63, 3.8) is 0 Å². The second-order valence-electron chi connectivity index (χ2n) is 3.90. The smallest absolute Gasteiger partial charge is 0.123 e. The normalized spacial score (nSPS) is 13.3. The van der Waals surface area contributed by atoms with Crippen molar-refractivity contribution in [3.05, 3.63) is 34.6 Å². The van der Waals surface area contributed by atoms with E-state index in [0.29, 0.717) is 16.5 Å². The van der Waals surface area contributed by atoms with E-state index in [1.807, 2.05) is 0 Å². The first-order valence-corrected chi connectivity index (χ1v) is 5.09. The molecule has 1 aromatic carbocycles. The molecule has 1 nitrogen and oxygen atoms in total. The third kappa shape index (κ3) is 2.96. The van der Waals surface area contributed by atoms with Crippen LogP contribution in [0.4, 0.5) is 4.39 Å². The first-order chi connectivity index (χ1) is 6.50. The highest BCUT2D eigenvalue weighted by molar-refractivity contribution is 6.31. The molecule has 0 spiro atoms. The zero-order valence-corrected chi connectivity index (χ0v) is 9.18. The number of hydrogen-bond donors (Lipinski definition) is 1. The topological polar surface area (TPSA) is 26.0 Å². The molecule has 0 aliphatic heterocycles. The summed E-state index contributed by atoms with van der Waals surface area (Å²) in [6.45, 7) is 4.15. The van der Waals surface area contributed by atoms with Crippen molar-refractivity contribution in [2.24, 2.45) is 11.7 Å². The minimum absolute atomic E-state index is 0.182. The minimum Gasteiger partial charge on any atom is -0.324 e. The maximum atomic E-state index is 12.9. The molecule has 1 rings (SSSR count). The van der Waals surface area contributed by atoms with Crippen molar-refractivity contribution < 1.29 is 4.39 Å². The van der Waals surface area contributed by atoms with Gasteiger partial charge in [0.05, 0.1) is 0 Å². The Morgan fingerprint density at radius 3 is 2.64 bits per heavy atom. The molecule has 1 aromatic rings. The molecule has 2 N–H and O–H groups in total. The Hall–Kier alpha value is -0.600. The van der Waals surface area contributed by atoms with Gasteiger partial charge < -0.3 is 5.73 Å². The second kappa shape index (κ2) is 4.76. The van der Waals surface area contributed by atoms with E-state index in [1.54, 1.807) is 6.07 Å². The third-order valence-electron chi connectivity index (χ3n) is 2.08. The SMILES string of the molecule is CC(C)C[C@H](N)c1cc(F)ccc1Cl. The quantitative estimate of drug-likeness (QED) is 0.820. The monoisotopic (exact) mass is 215 g/mol. The van der Waals surface area contributed by atoms with Crippen LogP contribution in [-0.2, 0) is 0 Å². The van der Waals surface area contributed by atoms with Gasteiger partial charge in [-0.2, -0.15) is 0 Å². The Morgan fingerprint density at radius 2 is 2.07 bits per heavy atom. The molecule has 0 aliphatic rings.